The van der Waals surface area contributed by atoms with E-state index >= 15 is 0 Å². The van der Waals surface area contributed by atoms with Crippen LogP contribution in [-0.2, 0) is 20.9 Å². The molecule has 1 amide bonds. The molecule has 1 aliphatic carbocycles. The standard InChI is InChI=1S/C23H21ClN2O3/c24-16-8-9-18-17(11-16)21(27)19-20(15-6-2-1-3-7-15)26(23(28)22(19)29-18)13-14-5-4-10-25-12-14/h1-7,10,12,16-18,20H,8-9,11,13H2. The van der Waals surface area contributed by atoms with Crippen LogP contribution in [0.4, 0.5) is 0 Å². The molecule has 2 aliphatic heterocycles. The predicted octanol–water partition coefficient (Wildman–Crippen LogP) is 3.79. The van der Waals surface area contributed by atoms with Crippen LogP contribution in [0.3, 0.4) is 0 Å². The second-order valence-corrected chi connectivity index (χ2v) is 8.50. The zero-order valence-corrected chi connectivity index (χ0v) is 16.6. The van der Waals surface area contributed by atoms with Crippen molar-refractivity contribution in [2.45, 2.75) is 43.3 Å². The number of carbonyl (C=O) groups is 2. The van der Waals surface area contributed by atoms with Gasteiger partial charge < -0.3 is 9.64 Å². The second-order valence-electron chi connectivity index (χ2n) is 7.89. The average Bonchev–Trinajstić information content (AvgIpc) is 3.02. The number of ether oxygens (including phenoxy) is 1. The molecule has 2 aromatic rings. The number of ketones is 1. The number of alkyl halides is 1. The number of hydrogen-bond donors (Lipinski definition) is 0. The molecule has 0 N–H and O–H groups in total. The van der Waals surface area contributed by atoms with Gasteiger partial charge in [-0.2, -0.15) is 0 Å². The normalized spacial score (nSPS) is 28.8. The molecule has 5 nitrogen and oxygen atoms in total. The Morgan fingerprint density at radius 3 is 2.69 bits per heavy atom. The van der Waals surface area contributed by atoms with E-state index in [1.165, 1.54) is 0 Å². The lowest BCUT2D eigenvalue weighted by Crippen LogP contribution is -2.41. The first kappa shape index (κ1) is 18.4. The minimum Gasteiger partial charge on any atom is -0.483 e. The van der Waals surface area contributed by atoms with E-state index < -0.39 is 6.04 Å². The molecule has 0 bridgehead atoms. The average molecular weight is 409 g/mol. The first-order valence-electron chi connectivity index (χ1n) is 9.97. The molecule has 3 heterocycles. The molecule has 1 saturated carbocycles. The maximum atomic E-state index is 13.5. The fraction of sp³-hybridized carbons (Fsp3) is 0.348. The van der Waals surface area contributed by atoms with Crippen LogP contribution in [0.5, 0.6) is 0 Å². The maximum Gasteiger partial charge on any atom is 0.290 e. The van der Waals surface area contributed by atoms with Gasteiger partial charge in [-0.05, 0) is 36.5 Å². The van der Waals surface area contributed by atoms with E-state index in [2.05, 4.69) is 4.98 Å². The smallest absolute Gasteiger partial charge is 0.290 e. The van der Waals surface area contributed by atoms with Crippen molar-refractivity contribution in [3.63, 3.8) is 0 Å². The molecule has 0 radical (unpaired) electrons. The van der Waals surface area contributed by atoms with Crippen molar-refractivity contribution in [1.29, 1.82) is 0 Å². The minimum atomic E-state index is -0.456. The SMILES string of the molecule is O=C1C2=C(OC3CCC(Cl)CC13)C(=O)N(Cc1cccnc1)C2c1ccccc1. The molecule has 29 heavy (non-hydrogen) atoms. The Balaban J connectivity index is 1.57. The van der Waals surface area contributed by atoms with Gasteiger partial charge in [0.05, 0.1) is 17.5 Å². The van der Waals surface area contributed by atoms with Crippen molar-refractivity contribution in [3.05, 3.63) is 77.3 Å². The van der Waals surface area contributed by atoms with Crippen molar-refractivity contribution in [3.8, 4) is 0 Å². The highest BCUT2D eigenvalue weighted by atomic mass is 35.5. The molecular formula is C23H21ClN2O3. The quantitative estimate of drug-likeness (QED) is 0.725. The van der Waals surface area contributed by atoms with Crippen LogP contribution in [-0.4, -0.2) is 33.1 Å². The third kappa shape index (κ3) is 3.14. The molecule has 6 heteroatoms. The summed E-state index contributed by atoms with van der Waals surface area (Å²) in [5, 5.41) is -0.0234. The molecule has 1 fully saturated rings. The topological polar surface area (TPSA) is 59.5 Å². The van der Waals surface area contributed by atoms with Crippen molar-refractivity contribution < 1.29 is 14.3 Å². The summed E-state index contributed by atoms with van der Waals surface area (Å²) in [4.78, 5) is 32.8. The van der Waals surface area contributed by atoms with E-state index in [9.17, 15) is 9.59 Å². The zero-order valence-electron chi connectivity index (χ0n) is 15.8. The van der Waals surface area contributed by atoms with Gasteiger partial charge in [-0.3, -0.25) is 14.6 Å². The number of amides is 1. The minimum absolute atomic E-state index is 0.0116. The number of fused-ring (bicyclic) bond motifs is 1. The van der Waals surface area contributed by atoms with Crippen molar-refractivity contribution in [1.82, 2.24) is 9.88 Å². The van der Waals surface area contributed by atoms with Gasteiger partial charge in [0, 0.05) is 24.3 Å². The lowest BCUT2D eigenvalue weighted by atomic mass is 9.77. The molecule has 4 unspecified atom stereocenters. The number of rotatable bonds is 3. The number of Topliss-reactive ketones (excluding diaryl/α,β-unsaturated/α-hetero) is 1. The first-order chi connectivity index (χ1) is 14.1. The Kier molecular flexibility index (Phi) is 4.63. The fourth-order valence-electron chi connectivity index (χ4n) is 4.70. The molecule has 4 atom stereocenters. The summed E-state index contributed by atoms with van der Waals surface area (Å²) >= 11 is 6.35. The monoisotopic (exact) mass is 408 g/mol. The molecule has 3 aliphatic rings. The second kappa shape index (κ2) is 7.30. The van der Waals surface area contributed by atoms with Crippen molar-refractivity contribution in [2.24, 2.45) is 5.92 Å². The van der Waals surface area contributed by atoms with Gasteiger partial charge in [-0.15, -0.1) is 11.6 Å². The molecule has 1 aromatic heterocycles. The van der Waals surface area contributed by atoms with Crippen LogP contribution in [0.15, 0.2) is 66.2 Å². The third-order valence-electron chi connectivity index (χ3n) is 6.07. The Bertz CT molecular complexity index is 976. The summed E-state index contributed by atoms with van der Waals surface area (Å²) in [5.41, 5.74) is 2.30. The van der Waals surface area contributed by atoms with Crippen LogP contribution < -0.4 is 0 Å². The summed E-state index contributed by atoms with van der Waals surface area (Å²) in [5.74, 6) is -0.264. The van der Waals surface area contributed by atoms with E-state index in [0.29, 0.717) is 25.0 Å². The maximum absolute atomic E-state index is 13.5. The van der Waals surface area contributed by atoms with Gasteiger partial charge in [-0.25, -0.2) is 0 Å². The first-order valence-corrected chi connectivity index (χ1v) is 10.4. The Labute approximate surface area is 174 Å². The van der Waals surface area contributed by atoms with Gasteiger partial charge in [0.25, 0.3) is 5.91 Å². The van der Waals surface area contributed by atoms with E-state index in [1.54, 1.807) is 17.3 Å². The molecular weight excluding hydrogens is 388 g/mol. The van der Waals surface area contributed by atoms with Gasteiger partial charge in [-0.1, -0.05) is 36.4 Å². The van der Waals surface area contributed by atoms with Gasteiger partial charge in [0.1, 0.15) is 6.10 Å². The summed E-state index contributed by atoms with van der Waals surface area (Å²) in [6, 6.07) is 13.0. The number of nitrogens with zero attached hydrogens (tertiary/aromatic N) is 2. The number of benzene rings is 1. The largest absolute Gasteiger partial charge is 0.483 e. The fourth-order valence-corrected chi connectivity index (χ4v) is 5.01. The number of carbonyl (C=O) groups excluding carboxylic acids is 2. The highest BCUT2D eigenvalue weighted by Crippen LogP contribution is 2.47. The van der Waals surface area contributed by atoms with Crippen LogP contribution in [0.1, 0.15) is 36.4 Å². The molecule has 148 valence electrons. The highest BCUT2D eigenvalue weighted by molar-refractivity contribution is 6.21. The summed E-state index contributed by atoms with van der Waals surface area (Å²) in [7, 11) is 0. The van der Waals surface area contributed by atoms with Crippen LogP contribution in [0, 0.1) is 5.92 Å². The van der Waals surface area contributed by atoms with Crippen LogP contribution in [0.25, 0.3) is 0 Å². The predicted molar refractivity (Wildman–Crippen MR) is 108 cm³/mol. The van der Waals surface area contributed by atoms with Crippen molar-refractivity contribution >= 4 is 23.3 Å². The van der Waals surface area contributed by atoms with Crippen LogP contribution >= 0.6 is 11.6 Å². The van der Waals surface area contributed by atoms with Gasteiger partial charge >= 0.3 is 0 Å². The summed E-state index contributed by atoms with van der Waals surface area (Å²) < 4.78 is 6.16. The number of pyridine rings is 1. The van der Waals surface area contributed by atoms with E-state index in [4.69, 9.17) is 16.3 Å². The Hall–Kier alpha value is -2.66. The molecule has 1 aromatic carbocycles. The van der Waals surface area contributed by atoms with Gasteiger partial charge in [0.2, 0.25) is 0 Å². The van der Waals surface area contributed by atoms with Crippen LogP contribution in [0.2, 0.25) is 0 Å². The molecule has 0 saturated heterocycles. The van der Waals surface area contributed by atoms with Gasteiger partial charge in [0.15, 0.2) is 11.5 Å². The van der Waals surface area contributed by atoms with E-state index in [-0.39, 0.29) is 34.8 Å². The van der Waals surface area contributed by atoms with Crippen molar-refractivity contribution in [2.75, 3.05) is 0 Å². The summed E-state index contributed by atoms with van der Waals surface area (Å²) in [6.45, 7) is 0.364. The molecule has 5 rings (SSSR count). The highest BCUT2D eigenvalue weighted by Gasteiger charge is 2.52. The number of aromatic nitrogens is 1. The third-order valence-corrected chi connectivity index (χ3v) is 6.47. The lowest BCUT2D eigenvalue weighted by molar-refractivity contribution is -0.135. The Morgan fingerprint density at radius 1 is 1.10 bits per heavy atom. The van der Waals surface area contributed by atoms with E-state index in [0.717, 1.165) is 17.5 Å². The zero-order chi connectivity index (χ0) is 20.0. The lowest BCUT2D eigenvalue weighted by Gasteiger charge is -2.37. The molecule has 0 spiro atoms. The number of halogens is 1. The van der Waals surface area contributed by atoms with E-state index in [1.807, 2.05) is 42.5 Å². The summed E-state index contributed by atoms with van der Waals surface area (Å²) in [6.07, 6.45) is 5.29. The number of hydrogen-bond acceptors (Lipinski definition) is 4. The Morgan fingerprint density at radius 2 is 1.93 bits per heavy atom.